The molecule has 0 amide bonds. The van der Waals surface area contributed by atoms with Gasteiger partial charge < -0.3 is 10.0 Å². The Morgan fingerprint density at radius 3 is 2.53 bits per heavy atom. The van der Waals surface area contributed by atoms with E-state index in [1.54, 1.807) is 25.3 Å². The summed E-state index contributed by atoms with van der Waals surface area (Å²) in [6.07, 6.45) is -2.92. The average Bonchev–Trinajstić information content (AvgIpc) is 2.38. The molecule has 0 aliphatic carbocycles. The van der Waals surface area contributed by atoms with Crippen molar-refractivity contribution < 1.29 is 18.3 Å². The zero-order valence-electron chi connectivity index (χ0n) is 10.7. The van der Waals surface area contributed by atoms with Crippen molar-refractivity contribution >= 4 is 5.82 Å². The van der Waals surface area contributed by atoms with E-state index in [1.165, 1.54) is 0 Å². The molecule has 1 fully saturated rings. The topological polar surface area (TPSA) is 36.4 Å². The van der Waals surface area contributed by atoms with Gasteiger partial charge in [-0.05, 0) is 37.5 Å². The summed E-state index contributed by atoms with van der Waals surface area (Å²) in [7, 11) is 0. The van der Waals surface area contributed by atoms with Gasteiger partial charge in [0.15, 0.2) is 0 Å². The lowest BCUT2D eigenvalue weighted by molar-refractivity contribution is -0.179. The van der Waals surface area contributed by atoms with E-state index in [1.807, 2.05) is 4.90 Å². The maximum Gasteiger partial charge on any atom is 0.391 e. The molecule has 1 aliphatic heterocycles. The first-order valence-corrected chi connectivity index (χ1v) is 6.33. The summed E-state index contributed by atoms with van der Waals surface area (Å²) >= 11 is 0. The van der Waals surface area contributed by atoms with Gasteiger partial charge in [-0.1, -0.05) is 0 Å². The number of hydrogen-bond acceptors (Lipinski definition) is 3. The fourth-order valence-corrected chi connectivity index (χ4v) is 2.30. The van der Waals surface area contributed by atoms with Crippen LogP contribution in [0.1, 0.15) is 31.4 Å². The van der Waals surface area contributed by atoms with Crippen molar-refractivity contribution in [2.45, 2.75) is 32.0 Å². The number of aromatic nitrogens is 1. The number of hydrogen-bond donors (Lipinski definition) is 1. The number of nitrogens with zero attached hydrogens (tertiary/aromatic N) is 2. The van der Waals surface area contributed by atoms with Gasteiger partial charge in [0.2, 0.25) is 0 Å². The Morgan fingerprint density at radius 1 is 1.37 bits per heavy atom. The first kappa shape index (κ1) is 14.1. The molecule has 3 nitrogen and oxygen atoms in total. The molecule has 19 heavy (non-hydrogen) atoms. The highest BCUT2D eigenvalue weighted by atomic mass is 19.4. The molecule has 0 unspecified atom stereocenters. The van der Waals surface area contributed by atoms with E-state index in [4.69, 9.17) is 0 Å². The molecule has 1 aromatic heterocycles. The van der Waals surface area contributed by atoms with Gasteiger partial charge in [-0.25, -0.2) is 4.98 Å². The second-order valence-corrected chi connectivity index (χ2v) is 4.93. The Balaban J connectivity index is 2.03. The average molecular weight is 274 g/mol. The van der Waals surface area contributed by atoms with Crippen LogP contribution in [0.4, 0.5) is 19.0 Å². The second-order valence-electron chi connectivity index (χ2n) is 4.93. The number of halogens is 3. The Kier molecular flexibility index (Phi) is 3.99. The monoisotopic (exact) mass is 274 g/mol. The molecule has 1 atom stereocenters. The molecule has 0 saturated carbocycles. The van der Waals surface area contributed by atoms with Crippen molar-refractivity contribution in [3.8, 4) is 0 Å². The molecule has 1 aliphatic rings. The van der Waals surface area contributed by atoms with E-state index >= 15 is 0 Å². The van der Waals surface area contributed by atoms with Crippen LogP contribution in [0.15, 0.2) is 18.3 Å². The van der Waals surface area contributed by atoms with Gasteiger partial charge in [0.25, 0.3) is 0 Å². The zero-order chi connectivity index (χ0) is 14.0. The molecule has 6 heteroatoms. The standard InChI is InChI=1S/C13H17F3N2O/c1-9(19)10-2-5-17-12(8-10)18-6-3-11(4-7-18)13(14,15)16/h2,5,8-9,11,19H,3-4,6-7H2,1H3/t9-/m1/s1. The number of pyridine rings is 1. The summed E-state index contributed by atoms with van der Waals surface area (Å²) in [6.45, 7) is 2.34. The zero-order valence-corrected chi connectivity index (χ0v) is 10.7. The van der Waals surface area contributed by atoms with Gasteiger partial charge in [-0.3, -0.25) is 0 Å². The lowest BCUT2D eigenvalue weighted by Crippen LogP contribution is -2.39. The van der Waals surface area contributed by atoms with Crippen LogP contribution in [0.25, 0.3) is 0 Å². The molecule has 1 aromatic rings. The molecule has 1 N–H and O–H groups in total. The third kappa shape index (κ3) is 3.37. The fraction of sp³-hybridized carbons (Fsp3) is 0.615. The lowest BCUT2D eigenvalue weighted by atomic mass is 9.96. The number of alkyl halides is 3. The van der Waals surface area contributed by atoms with Crippen molar-refractivity contribution in [1.82, 2.24) is 4.98 Å². The van der Waals surface area contributed by atoms with Crippen molar-refractivity contribution in [3.05, 3.63) is 23.9 Å². The Labute approximate surface area is 110 Å². The predicted molar refractivity (Wildman–Crippen MR) is 65.9 cm³/mol. The lowest BCUT2D eigenvalue weighted by Gasteiger charge is -2.33. The van der Waals surface area contributed by atoms with Crippen LogP contribution >= 0.6 is 0 Å². The van der Waals surface area contributed by atoms with Crippen molar-refractivity contribution in [3.63, 3.8) is 0 Å². The molecule has 0 aromatic carbocycles. The van der Waals surface area contributed by atoms with Crippen molar-refractivity contribution in [2.24, 2.45) is 5.92 Å². The quantitative estimate of drug-likeness (QED) is 0.900. The highest BCUT2D eigenvalue weighted by Gasteiger charge is 2.41. The van der Waals surface area contributed by atoms with Gasteiger partial charge in [0, 0.05) is 19.3 Å². The van der Waals surface area contributed by atoms with Crippen LogP contribution in [-0.2, 0) is 0 Å². The normalized spacial score (nSPS) is 19.5. The van der Waals surface area contributed by atoms with Gasteiger partial charge in [-0.15, -0.1) is 0 Å². The molecule has 0 bridgehead atoms. The largest absolute Gasteiger partial charge is 0.391 e. The summed E-state index contributed by atoms with van der Waals surface area (Å²) in [5.74, 6) is -0.567. The molecule has 106 valence electrons. The summed E-state index contributed by atoms with van der Waals surface area (Å²) < 4.78 is 37.7. The summed E-state index contributed by atoms with van der Waals surface area (Å²) in [4.78, 5) is 6.01. The van der Waals surface area contributed by atoms with Gasteiger partial charge >= 0.3 is 6.18 Å². The highest BCUT2D eigenvalue weighted by molar-refractivity contribution is 5.41. The summed E-state index contributed by atoms with van der Waals surface area (Å²) in [5.41, 5.74) is 0.725. The van der Waals surface area contributed by atoms with Crippen LogP contribution in [-0.4, -0.2) is 29.4 Å². The molecule has 1 saturated heterocycles. The van der Waals surface area contributed by atoms with Crippen LogP contribution in [0.2, 0.25) is 0 Å². The summed E-state index contributed by atoms with van der Waals surface area (Å²) in [5, 5.41) is 9.50. The SMILES string of the molecule is C[C@@H](O)c1ccnc(N2CCC(C(F)(F)F)CC2)c1. The maximum absolute atomic E-state index is 12.6. The van der Waals surface area contributed by atoms with Gasteiger partial charge in [-0.2, -0.15) is 13.2 Å². The fourth-order valence-electron chi connectivity index (χ4n) is 2.30. The Bertz CT molecular complexity index is 426. The van der Waals surface area contributed by atoms with E-state index < -0.39 is 18.2 Å². The molecule has 2 heterocycles. The first-order valence-electron chi connectivity index (χ1n) is 6.33. The van der Waals surface area contributed by atoms with Crippen molar-refractivity contribution in [1.29, 1.82) is 0 Å². The number of aliphatic hydroxyl groups excluding tert-OH is 1. The predicted octanol–water partition coefficient (Wildman–Crippen LogP) is 2.91. The Hall–Kier alpha value is -1.30. The minimum Gasteiger partial charge on any atom is -0.389 e. The minimum absolute atomic E-state index is 0.101. The number of anilines is 1. The molecular weight excluding hydrogens is 257 g/mol. The van der Waals surface area contributed by atoms with Gasteiger partial charge in [0.1, 0.15) is 5.82 Å². The van der Waals surface area contributed by atoms with Crippen molar-refractivity contribution in [2.75, 3.05) is 18.0 Å². The number of rotatable bonds is 2. The van der Waals surface area contributed by atoms with E-state index in [0.29, 0.717) is 18.9 Å². The molecule has 2 rings (SSSR count). The third-order valence-electron chi connectivity index (χ3n) is 3.53. The van der Waals surface area contributed by atoms with E-state index in [9.17, 15) is 18.3 Å². The van der Waals surface area contributed by atoms with Crippen LogP contribution in [0.3, 0.4) is 0 Å². The Morgan fingerprint density at radius 2 is 2.00 bits per heavy atom. The molecule has 0 spiro atoms. The molecule has 0 radical (unpaired) electrons. The third-order valence-corrected chi connectivity index (χ3v) is 3.53. The molecular formula is C13H17F3N2O. The first-order chi connectivity index (χ1) is 8.88. The number of piperidine rings is 1. The number of aliphatic hydroxyl groups is 1. The van der Waals surface area contributed by atoms with E-state index in [-0.39, 0.29) is 12.8 Å². The van der Waals surface area contributed by atoms with Crippen LogP contribution in [0.5, 0.6) is 0 Å². The summed E-state index contributed by atoms with van der Waals surface area (Å²) in [6, 6.07) is 3.44. The van der Waals surface area contributed by atoms with Crippen LogP contribution in [0, 0.1) is 5.92 Å². The highest BCUT2D eigenvalue weighted by Crippen LogP contribution is 2.35. The minimum atomic E-state index is -4.10. The van der Waals surface area contributed by atoms with Gasteiger partial charge in [0.05, 0.1) is 12.0 Å². The second kappa shape index (κ2) is 5.36. The van der Waals surface area contributed by atoms with Crippen LogP contribution < -0.4 is 4.90 Å². The van der Waals surface area contributed by atoms with E-state index in [0.717, 1.165) is 5.56 Å². The maximum atomic E-state index is 12.6. The smallest absolute Gasteiger partial charge is 0.389 e. The van der Waals surface area contributed by atoms with E-state index in [2.05, 4.69) is 4.98 Å².